The summed E-state index contributed by atoms with van der Waals surface area (Å²) in [6.45, 7) is 1.96. The van der Waals surface area contributed by atoms with Crippen LogP contribution in [-0.2, 0) is 9.53 Å². The van der Waals surface area contributed by atoms with Gasteiger partial charge < -0.3 is 16.2 Å². The molecule has 0 aliphatic rings. The van der Waals surface area contributed by atoms with Crippen molar-refractivity contribution < 1.29 is 18.3 Å². The van der Waals surface area contributed by atoms with Gasteiger partial charge in [0.25, 0.3) is 0 Å². The van der Waals surface area contributed by atoms with Gasteiger partial charge in [-0.15, -0.1) is 9.24 Å². The number of carbonyl (C=O) groups is 1. The number of benzene rings is 1. The molecule has 26 heavy (non-hydrogen) atoms. The molecule has 1 unspecified atom stereocenters. The zero-order valence-corrected chi connectivity index (χ0v) is 15.6. The first-order chi connectivity index (χ1) is 12.3. The van der Waals surface area contributed by atoms with Crippen LogP contribution < -0.4 is 16.8 Å². The minimum absolute atomic E-state index is 0.00161. The molecule has 1 atom stereocenters. The van der Waals surface area contributed by atoms with Crippen molar-refractivity contribution in [2.75, 3.05) is 18.6 Å². The molecule has 138 valence electrons. The third-order valence-electron chi connectivity index (χ3n) is 3.85. The number of aromatic nitrogens is 1. The predicted molar refractivity (Wildman–Crippen MR) is 103 cm³/mol. The number of hydrogen-bond donors (Lipinski definition) is 2. The van der Waals surface area contributed by atoms with Crippen LogP contribution in [0.25, 0.3) is 16.8 Å². The third-order valence-corrected chi connectivity index (χ3v) is 4.43. The van der Waals surface area contributed by atoms with Crippen molar-refractivity contribution in [1.82, 2.24) is 4.98 Å². The quantitative estimate of drug-likeness (QED) is 0.361. The number of ether oxygens (including phenoxy) is 1. The van der Waals surface area contributed by atoms with Gasteiger partial charge in [-0.2, -0.15) is 0 Å². The van der Waals surface area contributed by atoms with Crippen molar-refractivity contribution in [3.8, 4) is 11.3 Å². The largest absolute Gasteiger partial charge is 0.465 e. The number of esters is 1. The molecule has 4 N–H and O–H groups in total. The summed E-state index contributed by atoms with van der Waals surface area (Å²) in [7, 11) is 3.58. The molecule has 0 aliphatic carbocycles. The number of anilines is 2. The van der Waals surface area contributed by atoms with E-state index in [4.69, 9.17) is 16.2 Å². The lowest BCUT2D eigenvalue weighted by molar-refractivity contribution is -0.133. The molecule has 1 heterocycles. The maximum absolute atomic E-state index is 14.3. The lowest BCUT2D eigenvalue weighted by Crippen LogP contribution is -2.15. The van der Waals surface area contributed by atoms with Crippen LogP contribution in [0.4, 0.5) is 20.2 Å². The Balaban J connectivity index is 2.66. The molecule has 0 saturated carbocycles. The van der Waals surface area contributed by atoms with E-state index >= 15 is 0 Å². The highest BCUT2D eigenvalue weighted by Gasteiger charge is 2.22. The standard InChI is InChI=1S/C18H20F2N3O2P/c1-3-4-5-9(18(24)25-2)10-8-23-16(17(26)15(10)22)13-11(19)6-7-12(21)14(13)20/h5-8H,3-4,21,26H2,1-2H3,(H2,22,23)/b9-5+. The van der Waals surface area contributed by atoms with E-state index in [1.807, 2.05) is 6.92 Å². The number of hydrogen-bond acceptors (Lipinski definition) is 5. The minimum atomic E-state index is -0.914. The first-order valence-electron chi connectivity index (χ1n) is 7.90. The summed E-state index contributed by atoms with van der Waals surface area (Å²) >= 11 is 0. The molecule has 0 fully saturated rings. The van der Waals surface area contributed by atoms with Crippen LogP contribution in [0.2, 0.25) is 0 Å². The Hall–Kier alpha value is -2.53. The lowest BCUT2D eigenvalue weighted by atomic mass is 10.0. The zero-order chi connectivity index (χ0) is 19.4. The lowest BCUT2D eigenvalue weighted by Gasteiger charge is -2.15. The Morgan fingerprint density at radius 2 is 2.04 bits per heavy atom. The number of nitrogens with zero attached hydrogens (tertiary/aromatic N) is 1. The van der Waals surface area contributed by atoms with E-state index in [1.165, 1.54) is 13.3 Å². The molecule has 0 amide bonds. The molecule has 1 aromatic heterocycles. The highest BCUT2D eigenvalue weighted by Crippen LogP contribution is 2.31. The van der Waals surface area contributed by atoms with Gasteiger partial charge >= 0.3 is 5.97 Å². The Morgan fingerprint density at radius 1 is 1.35 bits per heavy atom. The van der Waals surface area contributed by atoms with Crippen LogP contribution >= 0.6 is 9.24 Å². The van der Waals surface area contributed by atoms with Gasteiger partial charge in [0.15, 0.2) is 5.82 Å². The van der Waals surface area contributed by atoms with E-state index in [9.17, 15) is 13.6 Å². The zero-order valence-electron chi connectivity index (χ0n) is 14.5. The molecule has 5 nitrogen and oxygen atoms in total. The maximum atomic E-state index is 14.3. The van der Waals surface area contributed by atoms with Crippen molar-refractivity contribution in [2.24, 2.45) is 0 Å². The summed E-state index contributed by atoms with van der Waals surface area (Å²) in [5.74, 6) is -2.29. The third kappa shape index (κ3) is 3.68. The van der Waals surface area contributed by atoms with Gasteiger partial charge in [-0.3, -0.25) is 4.98 Å². The normalized spacial score (nSPS) is 11.5. The SMILES string of the molecule is CCC/C=C(/C(=O)OC)c1cnc(-c2c(F)ccc(N)c2F)c(P)c1N. The Bertz CT molecular complexity index is 885. The summed E-state index contributed by atoms with van der Waals surface area (Å²) in [5, 5.41) is 0.261. The number of carbonyl (C=O) groups excluding carboxylic acids is 1. The first-order valence-corrected chi connectivity index (χ1v) is 8.47. The van der Waals surface area contributed by atoms with Gasteiger partial charge in [0.1, 0.15) is 5.82 Å². The maximum Gasteiger partial charge on any atom is 0.338 e. The smallest absolute Gasteiger partial charge is 0.338 e. The fraction of sp³-hybridized carbons (Fsp3) is 0.222. The topological polar surface area (TPSA) is 91.2 Å². The Labute approximate surface area is 152 Å². The van der Waals surface area contributed by atoms with Gasteiger partial charge in [-0.05, 0) is 18.6 Å². The molecule has 0 saturated heterocycles. The second kappa shape index (κ2) is 8.23. The van der Waals surface area contributed by atoms with Crippen LogP contribution in [0.3, 0.4) is 0 Å². The molecular weight excluding hydrogens is 359 g/mol. The molecule has 0 spiro atoms. The van der Waals surface area contributed by atoms with Gasteiger partial charge in [-0.1, -0.05) is 19.4 Å². The molecule has 0 aliphatic heterocycles. The van der Waals surface area contributed by atoms with E-state index < -0.39 is 17.6 Å². The van der Waals surface area contributed by atoms with E-state index in [-0.39, 0.29) is 33.5 Å². The monoisotopic (exact) mass is 379 g/mol. The molecule has 0 bridgehead atoms. The van der Waals surface area contributed by atoms with Crippen LogP contribution in [0.5, 0.6) is 0 Å². The van der Waals surface area contributed by atoms with Gasteiger partial charge in [-0.25, -0.2) is 13.6 Å². The average molecular weight is 379 g/mol. The number of allylic oxidation sites excluding steroid dienone is 1. The Morgan fingerprint density at radius 3 is 2.65 bits per heavy atom. The van der Waals surface area contributed by atoms with Crippen molar-refractivity contribution in [1.29, 1.82) is 0 Å². The van der Waals surface area contributed by atoms with Crippen LogP contribution in [0.15, 0.2) is 24.4 Å². The number of rotatable bonds is 5. The predicted octanol–water partition coefficient (Wildman–Crippen LogP) is 3.05. The van der Waals surface area contributed by atoms with Crippen molar-refractivity contribution in [3.05, 3.63) is 41.6 Å². The van der Waals surface area contributed by atoms with Crippen LogP contribution in [0.1, 0.15) is 25.3 Å². The molecule has 2 rings (SSSR count). The van der Waals surface area contributed by atoms with E-state index in [2.05, 4.69) is 14.2 Å². The fourth-order valence-electron chi connectivity index (χ4n) is 2.44. The van der Waals surface area contributed by atoms with E-state index in [0.29, 0.717) is 12.0 Å². The molecule has 8 heteroatoms. The van der Waals surface area contributed by atoms with Gasteiger partial charge in [0, 0.05) is 17.1 Å². The minimum Gasteiger partial charge on any atom is -0.465 e. The number of pyridine rings is 1. The van der Waals surface area contributed by atoms with Crippen molar-refractivity contribution in [2.45, 2.75) is 19.8 Å². The second-order valence-electron chi connectivity index (χ2n) is 5.57. The number of nitrogens with two attached hydrogens (primary N) is 2. The summed E-state index contributed by atoms with van der Waals surface area (Å²) < 4.78 is 33.3. The van der Waals surface area contributed by atoms with Gasteiger partial charge in [0.2, 0.25) is 0 Å². The summed E-state index contributed by atoms with van der Waals surface area (Å²) in [6.07, 6.45) is 4.46. The molecular formula is C18H20F2N3O2P. The molecule has 0 radical (unpaired) electrons. The summed E-state index contributed by atoms with van der Waals surface area (Å²) in [6, 6.07) is 2.20. The van der Waals surface area contributed by atoms with E-state index in [0.717, 1.165) is 18.6 Å². The van der Waals surface area contributed by atoms with Gasteiger partial charge in [0.05, 0.1) is 35.3 Å². The highest BCUT2D eigenvalue weighted by atomic mass is 31.0. The number of nitrogen functional groups attached to an aromatic ring is 2. The summed E-state index contributed by atoms with van der Waals surface area (Å²) in [4.78, 5) is 16.2. The number of halogens is 2. The fourth-order valence-corrected chi connectivity index (χ4v) is 2.82. The van der Waals surface area contributed by atoms with Crippen molar-refractivity contribution >= 4 is 37.5 Å². The Kier molecular flexibility index (Phi) is 6.27. The van der Waals surface area contributed by atoms with E-state index in [1.54, 1.807) is 6.08 Å². The first kappa shape index (κ1) is 19.8. The average Bonchev–Trinajstić information content (AvgIpc) is 2.63. The highest BCUT2D eigenvalue weighted by molar-refractivity contribution is 7.28. The molecule has 1 aromatic carbocycles. The summed E-state index contributed by atoms with van der Waals surface area (Å²) in [5.41, 5.74) is 11.8. The van der Waals surface area contributed by atoms with Crippen molar-refractivity contribution in [3.63, 3.8) is 0 Å². The molecule has 2 aromatic rings. The van der Waals surface area contributed by atoms with Crippen LogP contribution in [0, 0.1) is 11.6 Å². The number of unbranched alkanes of at least 4 members (excludes halogenated alkanes) is 1. The second-order valence-corrected chi connectivity index (χ2v) is 6.15. The van der Waals surface area contributed by atoms with Crippen LogP contribution in [-0.4, -0.2) is 18.1 Å². The number of methoxy groups -OCH3 is 1.